The molecule has 0 fully saturated rings. The van der Waals surface area contributed by atoms with Crippen LogP contribution in [0.15, 0.2) is 60.7 Å². The maximum atomic E-state index is 13.9. The van der Waals surface area contributed by atoms with E-state index >= 15 is 0 Å². The van der Waals surface area contributed by atoms with Gasteiger partial charge in [0.2, 0.25) is 5.91 Å². The Kier molecular flexibility index (Phi) is 9.43. The third kappa shape index (κ3) is 7.49. The van der Waals surface area contributed by atoms with E-state index in [4.69, 9.17) is 4.74 Å². The van der Waals surface area contributed by atoms with Crippen molar-refractivity contribution in [1.82, 2.24) is 10.6 Å². The zero-order chi connectivity index (χ0) is 27.9. The summed E-state index contributed by atoms with van der Waals surface area (Å²) in [4.78, 5) is 26.1. The Morgan fingerprint density at radius 2 is 1.77 bits per heavy atom. The zero-order valence-electron chi connectivity index (χ0n) is 22.2. The molecule has 0 heterocycles. The second-order valence-corrected chi connectivity index (χ2v) is 10.0. The fraction of sp³-hybridized carbons (Fsp3) is 0.355. The first kappa shape index (κ1) is 28.4. The summed E-state index contributed by atoms with van der Waals surface area (Å²) >= 11 is 0. The summed E-state index contributed by atoms with van der Waals surface area (Å²) in [5.41, 5.74) is 3.87. The number of Topliss-reactive ketones (excluding diaryl/α,β-unsaturated/α-hetero) is 1. The number of rotatable bonds is 11. The number of amides is 1. The van der Waals surface area contributed by atoms with Crippen LogP contribution in [0.1, 0.15) is 46.0 Å². The molecule has 0 spiro atoms. The maximum absolute atomic E-state index is 13.9. The fourth-order valence-electron chi connectivity index (χ4n) is 5.03. The highest BCUT2D eigenvalue weighted by molar-refractivity contribution is 6.01. The average molecular weight is 537 g/mol. The highest BCUT2D eigenvalue weighted by Gasteiger charge is 2.32. The zero-order valence-corrected chi connectivity index (χ0v) is 22.2. The minimum Gasteiger partial charge on any atom is -0.497 e. The number of methoxy groups -OCH3 is 1. The Morgan fingerprint density at radius 3 is 2.49 bits per heavy atom. The minimum atomic E-state index is -1.05. The Bertz CT molecular complexity index is 1310. The molecule has 0 radical (unpaired) electrons. The van der Waals surface area contributed by atoms with Crippen LogP contribution in [0.3, 0.4) is 0 Å². The molecular weight excluding hydrogens is 502 g/mol. The van der Waals surface area contributed by atoms with Crippen molar-refractivity contribution >= 4 is 11.7 Å². The molecule has 3 N–H and O–H groups in total. The largest absolute Gasteiger partial charge is 0.497 e. The van der Waals surface area contributed by atoms with Crippen LogP contribution in [-0.2, 0) is 30.6 Å². The molecule has 1 aliphatic carbocycles. The second-order valence-electron chi connectivity index (χ2n) is 10.0. The summed E-state index contributed by atoms with van der Waals surface area (Å²) in [6.07, 6.45) is 0.249. The number of benzene rings is 3. The van der Waals surface area contributed by atoms with Crippen LogP contribution in [0.5, 0.6) is 5.75 Å². The minimum absolute atomic E-state index is 0.0136. The third-order valence-corrected chi connectivity index (χ3v) is 7.13. The van der Waals surface area contributed by atoms with E-state index < -0.39 is 35.6 Å². The lowest BCUT2D eigenvalue weighted by atomic mass is 9.82. The molecule has 206 valence electrons. The topological polar surface area (TPSA) is 87.7 Å². The van der Waals surface area contributed by atoms with Crippen LogP contribution in [0.2, 0.25) is 0 Å². The molecule has 1 amide bonds. The molecule has 4 rings (SSSR count). The number of fused-ring (bicyclic) bond motifs is 1. The van der Waals surface area contributed by atoms with Crippen LogP contribution in [0.4, 0.5) is 8.78 Å². The SMILES string of the molecule is CCc1cccc(CNCC(O)C(Cc2cc(F)cc(F)c2)NC(=O)C2CC(=O)c3ccc(OC)cc3C2)c1. The molecule has 8 heteroatoms. The van der Waals surface area contributed by atoms with Crippen molar-refractivity contribution in [3.8, 4) is 5.75 Å². The van der Waals surface area contributed by atoms with E-state index in [0.29, 0.717) is 29.8 Å². The lowest BCUT2D eigenvalue weighted by Gasteiger charge is -2.29. The number of aliphatic hydroxyl groups excluding tert-OH is 1. The maximum Gasteiger partial charge on any atom is 0.224 e. The number of nitrogens with one attached hydrogen (secondary N) is 2. The van der Waals surface area contributed by atoms with Gasteiger partial charge in [0, 0.05) is 37.1 Å². The smallest absolute Gasteiger partial charge is 0.224 e. The van der Waals surface area contributed by atoms with E-state index in [1.807, 2.05) is 18.2 Å². The monoisotopic (exact) mass is 536 g/mol. The van der Waals surface area contributed by atoms with Crippen molar-refractivity contribution < 1.29 is 28.2 Å². The van der Waals surface area contributed by atoms with Gasteiger partial charge in [0.15, 0.2) is 5.78 Å². The van der Waals surface area contributed by atoms with Gasteiger partial charge in [-0.3, -0.25) is 9.59 Å². The van der Waals surface area contributed by atoms with E-state index in [9.17, 15) is 23.5 Å². The van der Waals surface area contributed by atoms with Gasteiger partial charge in [-0.2, -0.15) is 0 Å². The predicted octanol–water partition coefficient (Wildman–Crippen LogP) is 4.16. The van der Waals surface area contributed by atoms with Crippen molar-refractivity contribution in [3.05, 3.63) is 100 Å². The van der Waals surface area contributed by atoms with Gasteiger partial charge in [0.25, 0.3) is 0 Å². The van der Waals surface area contributed by atoms with Gasteiger partial charge >= 0.3 is 0 Å². The summed E-state index contributed by atoms with van der Waals surface area (Å²) in [5, 5.41) is 17.1. The van der Waals surface area contributed by atoms with E-state index in [2.05, 4.69) is 23.6 Å². The number of hydrogen-bond acceptors (Lipinski definition) is 5. The quantitative estimate of drug-likeness (QED) is 0.343. The van der Waals surface area contributed by atoms with Crippen LogP contribution in [0.25, 0.3) is 0 Å². The lowest BCUT2D eigenvalue weighted by Crippen LogP contribution is -2.51. The Balaban J connectivity index is 1.47. The summed E-state index contributed by atoms with van der Waals surface area (Å²) in [6.45, 7) is 2.73. The molecule has 0 saturated heterocycles. The van der Waals surface area contributed by atoms with Crippen LogP contribution < -0.4 is 15.4 Å². The number of ketones is 1. The van der Waals surface area contributed by atoms with Crippen molar-refractivity contribution in [1.29, 1.82) is 0 Å². The summed E-state index contributed by atoms with van der Waals surface area (Å²) in [6, 6.07) is 15.6. The van der Waals surface area contributed by atoms with Crippen molar-refractivity contribution in [2.75, 3.05) is 13.7 Å². The fourth-order valence-corrected chi connectivity index (χ4v) is 5.03. The highest BCUT2D eigenvalue weighted by atomic mass is 19.1. The van der Waals surface area contributed by atoms with E-state index in [0.717, 1.165) is 23.6 Å². The first-order valence-electron chi connectivity index (χ1n) is 13.2. The number of aliphatic hydroxyl groups is 1. The van der Waals surface area contributed by atoms with Gasteiger partial charge < -0.3 is 20.5 Å². The molecule has 3 aromatic carbocycles. The first-order chi connectivity index (χ1) is 18.7. The molecule has 6 nitrogen and oxygen atoms in total. The standard InChI is InChI=1S/C31H34F2N2O4/c1-3-19-5-4-6-20(9-19)17-34-18-30(37)28(12-21-10-24(32)16-25(33)11-21)35-31(38)23-13-22-14-26(39-2)7-8-27(22)29(36)15-23/h4-11,14,16,23,28,30,34,37H,3,12-13,15,17-18H2,1-2H3,(H,35,38). The number of hydrogen-bond donors (Lipinski definition) is 3. The molecule has 3 unspecified atom stereocenters. The number of aryl methyl sites for hydroxylation is 1. The highest BCUT2D eigenvalue weighted by Crippen LogP contribution is 2.29. The summed E-state index contributed by atoms with van der Waals surface area (Å²) < 4.78 is 33.0. The molecule has 3 atom stereocenters. The average Bonchev–Trinajstić information content (AvgIpc) is 2.91. The van der Waals surface area contributed by atoms with Gasteiger partial charge in [-0.05, 0) is 71.8 Å². The predicted molar refractivity (Wildman–Crippen MR) is 145 cm³/mol. The summed E-state index contributed by atoms with van der Waals surface area (Å²) in [5.74, 6) is -2.04. The Morgan fingerprint density at radius 1 is 1.03 bits per heavy atom. The number of carbonyl (C=O) groups excluding carboxylic acids is 2. The second kappa shape index (κ2) is 13.0. The van der Waals surface area contributed by atoms with E-state index in [1.165, 1.54) is 24.8 Å². The molecular formula is C31H34F2N2O4. The van der Waals surface area contributed by atoms with Crippen LogP contribution in [-0.4, -0.2) is 42.6 Å². The third-order valence-electron chi connectivity index (χ3n) is 7.13. The number of carbonyl (C=O) groups is 2. The molecule has 1 aliphatic rings. The Hall–Kier alpha value is -3.62. The molecule has 0 bridgehead atoms. The van der Waals surface area contributed by atoms with Gasteiger partial charge in [-0.15, -0.1) is 0 Å². The van der Waals surface area contributed by atoms with Crippen LogP contribution >= 0.6 is 0 Å². The molecule has 3 aromatic rings. The van der Waals surface area contributed by atoms with E-state index in [1.54, 1.807) is 18.2 Å². The normalized spacial score (nSPS) is 16.3. The van der Waals surface area contributed by atoms with Crippen molar-refractivity contribution in [2.24, 2.45) is 5.92 Å². The van der Waals surface area contributed by atoms with Crippen molar-refractivity contribution in [3.63, 3.8) is 0 Å². The molecule has 39 heavy (non-hydrogen) atoms. The molecule has 0 saturated carbocycles. The molecule has 0 aliphatic heterocycles. The lowest BCUT2D eigenvalue weighted by molar-refractivity contribution is -0.126. The number of halogens is 2. The summed E-state index contributed by atoms with van der Waals surface area (Å²) in [7, 11) is 1.53. The van der Waals surface area contributed by atoms with Crippen LogP contribution in [0, 0.1) is 17.6 Å². The van der Waals surface area contributed by atoms with Gasteiger partial charge in [-0.1, -0.05) is 31.2 Å². The number of ether oxygens (including phenoxy) is 1. The first-order valence-corrected chi connectivity index (χ1v) is 13.2. The van der Waals surface area contributed by atoms with E-state index in [-0.39, 0.29) is 25.2 Å². The van der Waals surface area contributed by atoms with Crippen molar-refractivity contribution in [2.45, 2.75) is 51.3 Å². The van der Waals surface area contributed by atoms with Gasteiger partial charge in [0.1, 0.15) is 17.4 Å². The molecule has 0 aromatic heterocycles. The van der Waals surface area contributed by atoms with Gasteiger partial charge in [0.05, 0.1) is 19.3 Å². The Labute approximate surface area is 227 Å². The van der Waals surface area contributed by atoms with Gasteiger partial charge in [-0.25, -0.2) is 8.78 Å².